The number of anilines is 1. The van der Waals surface area contributed by atoms with Crippen LogP contribution in [0.2, 0.25) is 0 Å². The van der Waals surface area contributed by atoms with Gasteiger partial charge in [0.15, 0.2) is 0 Å². The molecule has 2 amide bonds. The minimum atomic E-state index is -3.26. The molecule has 144 valence electrons. The molecule has 3 rings (SSSR count). The fourth-order valence-electron chi connectivity index (χ4n) is 3.84. The number of nitrogens with zero attached hydrogens (tertiary/aromatic N) is 1. The molecule has 1 heterocycles. The van der Waals surface area contributed by atoms with Crippen molar-refractivity contribution < 1.29 is 13.2 Å². The van der Waals surface area contributed by atoms with E-state index in [1.54, 1.807) is 0 Å². The molecule has 1 aromatic carbocycles. The van der Waals surface area contributed by atoms with Crippen molar-refractivity contribution in [1.82, 2.24) is 9.62 Å². The molecule has 0 spiro atoms. The molecule has 1 aliphatic carbocycles. The first-order chi connectivity index (χ1) is 12.5. The lowest BCUT2D eigenvalue weighted by Crippen LogP contribution is -2.37. The molecule has 0 bridgehead atoms. The predicted molar refractivity (Wildman–Crippen MR) is 104 cm³/mol. The number of benzene rings is 1. The Morgan fingerprint density at radius 2 is 1.65 bits per heavy atom. The Morgan fingerprint density at radius 3 is 2.31 bits per heavy atom. The summed E-state index contributed by atoms with van der Waals surface area (Å²) in [6.07, 6.45) is 8.27. The molecule has 0 unspecified atom stereocenters. The molecular formula is C19H29N3O3S. The summed E-state index contributed by atoms with van der Waals surface area (Å²) >= 11 is 0. The molecule has 1 aromatic rings. The topological polar surface area (TPSA) is 78.5 Å². The summed E-state index contributed by atoms with van der Waals surface area (Å²) < 4.78 is 25.7. The van der Waals surface area contributed by atoms with Crippen molar-refractivity contribution in [2.24, 2.45) is 0 Å². The van der Waals surface area contributed by atoms with E-state index in [0.29, 0.717) is 19.0 Å². The molecule has 0 radical (unpaired) electrons. The third-order valence-electron chi connectivity index (χ3n) is 5.35. The SMILES string of the molecule is O=C(NCCS(=O)(=O)N1CCCC1)Nc1ccc(C2CCCCC2)cc1. The number of sulfonamides is 1. The lowest BCUT2D eigenvalue weighted by molar-refractivity contribution is 0.252. The molecule has 1 saturated carbocycles. The number of nitrogens with one attached hydrogen (secondary N) is 2. The standard InChI is InChI=1S/C19H29N3O3S/c23-19(20-12-15-26(24,25)22-13-4-5-14-22)21-18-10-8-17(9-11-18)16-6-2-1-3-7-16/h8-11,16H,1-7,12-15H2,(H2,20,21,23). The van der Waals surface area contributed by atoms with Gasteiger partial charge in [0.05, 0.1) is 5.75 Å². The van der Waals surface area contributed by atoms with Crippen molar-refractivity contribution in [2.75, 3.05) is 30.7 Å². The van der Waals surface area contributed by atoms with E-state index in [1.165, 1.54) is 42.0 Å². The second-order valence-electron chi connectivity index (χ2n) is 7.26. The Labute approximate surface area is 156 Å². The fourth-order valence-corrected chi connectivity index (χ4v) is 5.27. The first kappa shape index (κ1) is 19.2. The fraction of sp³-hybridized carbons (Fsp3) is 0.632. The van der Waals surface area contributed by atoms with Crippen molar-refractivity contribution in [3.05, 3.63) is 29.8 Å². The largest absolute Gasteiger partial charge is 0.337 e. The van der Waals surface area contributed by atoms with Gasteiger partial charge >= 0.3 is 6.03 Å². The van der Waals surface area contributed by atoms with E-state index < -0.39 is 10.0 Å². The number of carbonyl (C=O) groups is 1. The minimum Gasteiger partial charge on any atom is -0.337 e. The van der Waals surface area contributed by atoms with Crippen molar-refractivity contribution >= 4 is 21.7 Å². The van der Waals surface area contributed by atoms with Gasteiger partial charge in [0.25, 0.3) is 0 Å². The monoisotopic (exact) mass is 379 g/mol. The molecule has 0 atom stereocenters. The second kappa shape index (κ2) is 8.86. The lowest BCUT2D eigenvalue weighted by atomic mass is 9.84. The third kappa shape index (κ3) is 5.20. The van der Waals surface area contributed by atoms with Crippen LogP contribution in [-0.4, -0.2) is 44.1 Å². The predicted octanol–water partition coefficient (Wildman–Crippen LogP) is 3.28. The van der Waals surface area contributed by atoms with Crippen LogP contribution in [0.15, 0.2) is 24.3 Å². The van der Waals surface area contributed by atoms with Crippen molar-refractivity contribution in [3.63, 3.8) is 0 Å². The maximum Gasteiger partial charge on any atom is 0.319 e. The highest BCUT2D eigenvalue weighted by Crippen LogP contribution is 2.32. The Hall–Kier alpha value is -1.60. The van der Waals surface area contributed by atoms with Gasteiger partial charge < -0.3 is 10.6 Å². The molecule has 1 saturated heterocycles. The van der Waals surface area contributed by atoms with Gasteiger partial charge in [-0.3, -0.25) is 0 Å². The number of urea groups is 1. The molecule has 1 aliphatic heterocycles. The van der Waals surface area contributed by atoms with E-state index in [-0.39, 0.29) is 18.3 Å². The highest BCUT2D eigenvalue weighted by atomic mass is 32.2. The van der Waals surface area contributed by atoms with Gasteiger partial charge in [-0.25, -0.2) is 17.5 Å². The Morgan fingerprint density at radius 1 is 1.00 bits per heavy atom. The minimum absolute atomic E-state index is 0.0545. The zero-order valence-corrected chi connectivity index (χ0v) is 16.1. The molecule has 6 nitrogen and oxygen atoms in total. The van der Waals surface area contributed by atoms with E-state index >= 15 is 0 Å². The van der Waals surface area contributed by atoms with Crippen LogP contribution in [0.25, 0.3) is 0 Å². The highest BCUT2D eigenvalue weighted by molar-refractivity contribution is 7.89. The van der Waals surface area contributed by atoms with Crippen molar-refractivity contribution in [1.29, 1.82) is 0 Å². The van der Waals surface area contributed by atoms with Crippen LogP contribution in [0.4, 0.5) is 10.5 Å². The van der Waals surface area contributed by atoms with Gasteiger partial charge in [-0.1, -0.05) is 31.4 Å². The van der Waals surface area contributed by atoms with Gasteiger partial charge in [-0.05, 0) is 49.3 Å². The zero-order chi connectivity index (χ0) is 18.4. The van der Waals surface area contributed by atoms with Crippen LogP contribution in [0.5, 0.6) is 0 Å². The van der Waals surface area contributed by atoms with Gasteiger partial charge in [0.2, 0.25) is 10.0 Å². The lowest BCUT2D eigenvalue weighted by Gasteiger charge is -2.22. The van der Waals surface area contributed by atoms with Crippen LogP contribution in [0.3, 0.4) is 0 Å². The third-order valence-corrected chi connectivity index (χ3v) is 7.22. The van der Waals surface area contributed by atoms with Crippen molar-refractivity contribution in [3.8, 4) is 0 Å². The zero-order valence-electron chi connectivity index (χ0n) is 15.2. The summed E-state index contributed by atoms with van der Waals surface area (Å²) in [6.45, 7) is 1.31. The number of amides is 2. The van der Waals surface area contributed by atoms with Crippen LogP contribution >= 0.6 is 0 Å². The van der Waals surface area contributed by atoms with Gasteiger partial charge in [0.1, 0.15) is 0 Å². The molecule has 2 aliphatic rings. The molecule has 7 heteroatoms. The van der Waals surface area contributed by atoms with E-state index in [0.717, 1.165) is 18.5 Å². The number of carbonyl (C=O) groups excluding carboxylic acids is 1. The average Bonchev–Trinajstić information content (AvgIpc) is 3.19. The first-order valence-corrected chi connectivity index (χ1v) is 11.3. The number of rotatable bonds is 6. The smallest absolute Gasteiger partial charge is 0.319 e. The Kier molecular flexibility index (Phi) is 6.53. The van der Waals surface area contributed by atoms with Gasteiger partial charge in [0, 0.05) is 25.3 Å². The summed E-state index contributed by atoms with van der Waals surface area (Å²) in [5.74, 6) is 0.587. The summed E-state index contributed by atoms with van der Waals surface area (Å²) in [4.78, 5) is 12.0. The summed E-state index contributed by atoms with van der Waals surface area (Å²) in [6, 6.07) is 7.65. The maximum absolute atomic E-state index is 12.1. The molecule has 2 fully saturated rings. The number of hydrogen-bond donors (Lipinski definition) is 2. The summed E-state index contributed by atoms with van der Waals surface area (Å²) in [5.41, 5.74) is 2.07. The van der Waals surface area contributed by atoms with E-state index in [1.807, 2.05) is 12.1 Å². The van der Waals surface area contributed by atoms with E-state index in [4.69, 9.17) is 0 Å². The average molecular weight is 380 g/mol. The molecular weight excluding hydrogens is 350 g/mol. The summed E-state index contributed by atoms with van der Waals surface area (Å²) in [7, 11) is -3.26. The van der Waals surface area contributed by atoms with Gasteiger partial charge in [-0.15, -0.1) is 0 Å². The highest BCUT2D eigenvalue weighted by Gasteiger charge is 2.24. The molecule has 0 aromatic heterocycles. The molecule has 2 N–H and O–H groups in total. The van der Waals surface area contributed by atoms with Crippen LogP contribution in [0, 0.1) is 0 Å². The Bertz CT molecular complexity index is 691. The summed E-state index contributed by atoms with van der Waals surface area (Å²) in [5, 5.41) is 5.40. The quantitative estimate of drug-likeness (QED) is 0.796. The Balaban J connectivity index is 1.43. The molecule has 26 heavy (non-hydrogen) atoms. The van der Waals surface area contributed by atoms with Crippen LogP contribution in [-0.2, 0) is 10.0 Å². The first-order valence-electron chi connectivity index (χ1n) is 9.67. The van der Waals surface area contributed by atoms with Crippen LogP contribution in [0.1, 0.15) is 56.4 Å². The second-order valence-corrected chi connectivity index (χ2v) is 9.35. The van der Waals surface area contributed by atoms with E-state index in [2.05, 4.69) is 22.8 Å². The van der Waals surface area contributed by atoms with E-state index in [9.17, 15) is 13.2 Å². The maximum atomic E-state index is 12.1. The van der Waals surface area contributed by atoms with Crippen LogP contribution < -0.4 is 10.6 Å². The van der Waals surface area contributed by atoms with Gasteiger partial charge in [-0.2, -0.15) is 0 Å². The normalized spacial score (nSPS) is 19.4. The number of hydrogen-bond acceptors (Lipinski definition) is 3. The van der Waals surface area contributed by atoms with Crippen molar-refractivity contribution in [2.45, 2.75) is 50.9 Å².